The average molecular weight is 299 g/mol. The second-order valence-corrected chi connectivity index (χ2v) is 6.99. The van der Waals surface area contributed by atoms with Crippen LogP contribution in [0, 0.1) is 0 Å². The Hall–Kier alpha value is -1.31. The zero-order chi connectivity index (χ0) is 14.8. The van der Waals surface area contributed by atoms with Crippen LogP contribution >= 0.6 is 0 Å². The molecule has 0 saturated carbocycles. The van der Waals surface area contributed by atoms with Crippen molar-refractivity contribution in [3.05, 3.63) is 24.3 Å². The van der Waals surface area contributed by atoms with Crippen LogP contribution in [0.25, 0.3) is 0 Å². The fourth-order valence-electron chi connectivity index (χ4n) is 2.28. The molecule has 1 aliphatic rings. The molecule has 1 saturated heterocycles. The molecule has 1 aromatic rings. The van der Waals surface area contributed by atoms with Crippen LogP contribution in [0.15, 0.2) is 24.3 Å². The number of rotatable bonds is 4. The van der Waals surface area contributed by atoms with Crippen molar-refractivity contribution in [2.24, 2.45) is 0 Å². The normalized spacial score (nSPS) is 17.5. The summed E-state index contributed by atoms with van der Waals surface area (Å²) >= 11 is 0. The third-order valence-corrected chi connectivity index (χ3v) is 5.39. The van der Waals surface area contributed by atoms with E-state index in [0.717, 1.165) is 11.4 Å². The van der Waals surface area contributed by atoms with Crippen molar-refractivity contribution >= 4 is 15.9 Å². The Kier molecular flexibility index (Phi) is 4.52. The van der Waals surface area contributed by atoms with Crippen LogP contribution in [0.3, 0.4) is 0 Å². The molecule has 0 amide bonds. The molecule has 0 N–H and O–H groups in total. The largest absolute Gasteiger partial charge is 0.495 e. The molecule has 0 aliphatic carbocycles. The maximum Gasteiger partial charge on any atom is 0.281 e. The monoisotopic (exact) mass is 299 g/mol. The molecule has 2 rings (SSSR count). The summed E-state index contributed by atoms with van der Waals surface area (Å²) in [5, 5.41) is 0. The first-order valence-corrected chi connectivity index (χ1v) is 7.92. The summed E-state index contributed by atoms with van der Waals surface area (Å²) in [7, 11) is 1.45. The maximum atomic E-state index is 12.1. The van der Waals surface area contributed by atoms with Gasteiger partial charge in [-0.1, -0.05) is 12.1 Å². The zero-order valence-corrected chi connectivity index (χ0v) is 12.9. The fourth-order valence-corrected chi connectivity index (χ4v) is 3.37. The van der Waals surface area contributed by atoms with E-state index in [1.54, 1.807) is 21.2 Å². The number of para-hydroxylation sites is 2. The van der Waals surface area contributed by atoms with E-state index in [4.69, 9.17) is 4.74 Å². The molecule has 1 heterocycles. The first-order valence-electron chi connectivity index (χ1n) is 6.52. The molecule has 6 nitrogen and oxygen atoms in total. The molecular formula is C13H21N3O3S. The summed E-state index contributed by atoms with van der Waals surface area (Å²) in [6.07, 6.45) is 0. The van der Waals surface area contributed by atoms with Crippen LogP contribution in [0.1, 0.15) is 0 Å². The van der Waals surface area contributed by atoms with Gasteiger partial charge in [-0.05, 0) is 12.1 Å². The minimum atomic E-state index is -3.31. The van der Waals surface area contributed by atoms with Gasteiger partial charge in [0, 0.05) is 40.3 Å². The van der Waals surface area contributed by atoms with Crippen molar-refractivity contribution in [3.8, 4) is 5.75 Å². The third-order valence-electron chi connectivity index (χ3n) is 3.45. The van der Waals surface area contributed by atoms with Gasteiger partial charge in [-0.15, -0.1) is 0 Å². The molecule has 0 spiro atoms. The molecule has 1 fully saturated rings. The Morgan fingerprint density at radius 1 is 1.10 bits per heavy atom. The molecule has 7 heteroatoms. The van der Waals surface area contributed by atoms with Gasteiger partial charge in [0.1, 0.15) is 5.75 Å². The summed E-state index contributed by atoms with van der Waals surface area (Å²) in [5.41, 5.74) is 1.01. The van der Waals surface area contributed by atoms with Gasteiger partial charge in [0.25, 0.3) is 10.2 Å². The number of benzene rings is 1. The number of ether oxygens (including phenoxy) is 1. The first kappa shape index (κ1) is 15.1. The van der Waals surface area contributed by atoms with E-state index in [2.05, 4.69) is 4.90 Å². The van der Waals surface area contributed by atoms with Crippen molar-refractivity contribution in [1.29, 1.82) is 0 Å². The number of anilines is 1. The van der Waals surface area contributed by atoms with Crippen LogP contribution in [0.2, 0.25) is 0 Å². The molecule has 112 valence electrons. The average Bonchev–Trinajstić information content (AvgIpc) is 2.47. The van der Waals surface area contributed by atoms with Gasteiger partial charge >= 0.3 is 0 Å². The van der Waals surface area contributed by atoms with Crippen molar-refractivity contribution in [2.75, 3.05) is 52.3 Å². The summed E-state index contributed by atoms with van der Waals surface area (Å²) in [6, 6.07) is 7.79. The SMILES string of the molecule is COc1ccccc1N1CCN(S(=O)(=O)N(C)C)CC1. The molecule has 0 atom stereocenters. The summed E-state index contributed by atoms with van der Waals surface area (Å²) in [4.78, 5) is 2.15. The van der Waals surface area contributed by atoms with E-state index in [-0.39, 0.29) is 0 Å². The summed E-state index contributed by atoms with van der Waals surface area (Å²) in [6.45, 7) is 2.29. The van der Waals surface area contributed by atoms with Crippen LogP contribution < -0.4 is 9.64 Å². The number of piperazine rings is 1. The van der Waals surface area contributed by atoms with Crippen molar-refractivity contribution in [1.82, 2.24) is 8.61 Å². The highest BCUT2D eigenvalue weighted by molar-refractivity contribution is 7.86. The molecule has 1 aliphatic heterocycles. The molecule has 0 unspecified atom stereocenters. The highest BCUT2D eigenvalue weighted by Crippen LogP contribution is 2.28. The van der Waals surface area contributed by atoms with Gasteiger partial charge in [-0.3, -0.25) is 0 Å². The number of nitrogens with zero attached hydrogens (tertiary/aromatic N) is 3. The van der Waals surface area contributed by atoms with Gasteiger partial charge in [0.05, 0.1) is 12.8 Å². The Morgan fingerprint density at radius 3 is 2.25 bits per heavy atom. The molecule has 0 bridgehead atoms. The van der Waals surface area contributed by atoms with Gasteiger partial charge in [0.2, 0.25) is 0 Å². The van der Waals surface area contributed by atoms with E-state index in [0.29, 0.717) is 26.2 Å². The molecular weight excluding hydrogens is 278 g/mol. The number of methoxy groups -OCH3 is 1. The zero-order valence-electron chi connectivity index (χ0n) is 12.1. The predicted octanol–water partition coefficient (Wildman–Crippen LogP) is 0.624. The molecule has 20 heavy (non-hydrogen) atoms. The third kappa shape index (κ3) is 2.89. The van der Waals surface area contributed by atoms with Crippen LogP contribution in [0.4, 0.5) is 5.69 Å². The predicted molar refractivity (Wildman–Crippen MR) is 79.4 cm³/mol. The van der Waals surface area contributed by atoms with Crippen molar-refractivity contribution < 1.29 is 13.2 Å². The Bertz CT molecular complexity index is 552. The van der Waals surface area contributed by atoms with Crippen LogP contribution in [-0.4, -0.2) is 64.4 Å². The summed E-state index contributed by atoms with van der Waals surface area (Å²) < 4.78 is 32.2. The van der Waals surface area contributed by atoms with Gasteiger partial charge in [-0.2, -0.15) is 17.0 Å². The summed E-state index contributed by atoms with van der Waals surface area (Å²) in [5.74, 6) is 0.816. The minimum Gasteiger partial charge on any atom is -0.495 e. The van der Waals surface area contributed by atoms with E-state index in [9.17, 15) is 8.42 Å². The lowest BCUT2D eigenvalue weighted by Gasteiger charge is -2.36. The smallest absolute Gasteiger partial charge is 0.281 e. The quantitative estimate of drug-likeness (QED) is 0.818. The minimum absolute atomic E-state index is 0.485. The van der Waals surface area contributed by atoms with Gasteiger partial charge in [-0.25, -0.2) is 0 Å². The van der Waals surface area contributed by atoms with Crippen molar-refractivity contribution in [2.45, 2.75) is 0 Å². The van der Waals surface area contributed by atoms with Crippen molar-refractivity contribution in [3.63, 3.8) is 0 Å². The second-order valence-electron chi connectivity index (χ2n) is 4.85. The second kappa shape index (κ2) is 5.99. The maximum absolute atomic E-state index is 12.1. The van der Waals surface area contributed by atoms with Crippen LogP contribution in [-0.2, 0) is 10.2 Å². The Labute approximate surface area is 120 Å². The van der Waals surface area contributed by atoms with Gasteiger partial charge in [0.15, 0.2) is 0 Å². The van der Waals surface area contributed by atoms with Gasteiger partial charge < -0.3 is 9.64 Å². The Balaban J connectivity index is 2.08. The van der Waals surface area contributed by atoms with Crippen LogP contribution in [0.5, 0.6) is 5.75 Å². The van der Waals surface area contributed by atoms with E-state index in [1.807, 2.05) is 24.3 Å². The number of hydrogen-bond donors (Lipinski definition) is 0. The topological polar surface area (TPSA) is 53.1 Å². The highest BCUT2D eigenvalue weighted by atomic mass is 32.2. The number of hydrogen-bond acceptors (Lipinski definition) is 4. The molecule has 0 aromatic heterocycles. The Morgan fingerprint density at radius 2 is 1.70 bits per heavy atom. The fraction of sp³-hybridized carbons (Fsp3) is 0.538. The first-order chi connectivity index (χ1) is 9.46. The lowest BCUT2D eigenvalue weighted by atomic mass is 10.2. The van der Waals surface area contributed by atoms with E-state index < -0.39 is 10.2 Å². The van der Waals surface area contributed by atoms with E-state index >= 15 is 0 Å². The lowest BCUT2D eigenvalue weighted by Crippen LogP contribution is -2.51. The highest BCUT2D eigenvalue weighted by Gasteiger charge is 2.29. The molecule has 1 aromatic carbocycles. The van der Waals surface area contributed by atoms with E-state index in [1.165, 1.54) is 8.61 Å². The molecule has 0 radical (unpaired) electrons. The standard InChI is InChI=1S/C13H21N3O3S/c1-14(2)20(17,18)16-10-8-15(9-11-16)12-6-4-5-7-13(12)19-3/h4-7H,8-11H2,1-3H3. The lowest BCUT2D eigenvalue weighted by molar-refractivity contribution is 0.353.